The van der Waals surface area contributed by atoms with Crippen LogP contribution in [-0.2, 0) is 54.4 Å². The number of aromatic amines is 1. The number of aliphatic hydroxyl groups is 1. The summed E-state index contributed by atoms with van der Waals surface area (Å²) in [6, 6.07) is -2.60. The average Bonchev–Trinajstić information content (AvgIpc) is 3.86. The molecule has 0 spiro atoms. The third-order valence-electron chi connectivity index (χ3n) is 9.79. The molecule has 3 rings (SSSR count). The van der Waals surface area contributed by atoms with Crippen LogP contribution in [0.5, 0.6) is 0 Å². The molecule has 0 saturated carbocycles. The monoisotopic (exact) mass is 859 g/mol. The van der Waals surface area contributed by atoms with Crippen molar-refractivity contribution in [3.05, 3.63) is 36.0 Å². The molecule has 0 bridgehead atoms. The first-order chi connectivity index (χ1) is 28.7. The smallest absolute Gasteiger partial charge is 0.322 e. The number of likely N-dealkylation sites (tertiary alicyclic amines) is 1. The number of fused-ring (bicyclic) bond motifs is 1. The Morgan fingerprint density at radius 1 is 0.787 bits per heavy atom. The molecule has 1 aromatic carbocycles. The Kier molecular flexibility index (Phi) is 18.1. The van der Waals surface area contributed by atoms with Crippen molar-refractivity contribution in [3.8, 4) is 0 Å². The summed E-state index contributed by atoms with van der Waals surface area (Å²) in [7, 11) is 0. The maximum atomic E-state index is 14.0. The largest absolute Gasteiger partial charge is 0.481 e. The zero-order chi connectivity index (χ0) is 45.6. The molecule has 2 aromatic rings. The minimum Gasteiger partial charge on any atom is -0.481 e. The van der Waals surface area contributed by atoms with Crippen LogP contribution in [0.3, 0.4) is 0 Å². The van der Waals surface area contributed by atoms with E-state index in [1.165, 1.54) is 6.92 Å². The zero-order valence-corrected chi connectivity index (χ0v) is 33.8. The van der Waals surface area contributed by atoms with Crippen LogP contribution in [0.2, 0.25) is 0 Å². The van der Waals surface area contributed by atoms with Crippen molar-refractivity contribution in [1.29, 1.82) is 0 Å². The summed E-state index contributed by atoms with van der Waals surface area (Å²) >= 11 is 0. The normalized spacial score (nSPS) is 16.6. The van der Waals surface area contributed by atoms with Crippen molar-refractivity contribution in [1.82, 2.24) is 41.8 Å². The molecular formula is C38H53N9O14. The molecule has 1 fully saturated rings. The molecule has 0 unspecified atom stereocenters. The fraction of sp³-hybridized carbons (Fsp3) is 0.526. The van der Waals surface area contributed by atoms with E-state index >= 15 is 0 Å². The fourth-order valence-corrected chi connectivity index (χ4v) is 6.52. The molecule has 0 aliphatic carbocycles. The SMILES string of the molecule is CC(C)[C@H](NC(=O)[C@@H]1CCCN1C(=O)[C@H](CO)NC(=O)[C@@H](N)CC(=O)O)C(=O)N[C@@H](Cc1c[nH]c2ccccc12)C(=O)N[C@@H](C)C(=O)N[C@@H](CCC(=O)O)C(=O)NCC(=O)O. The van der Waals surface area contributed by atoms with Gasteiger partial charge in [-0.25, -0.2) is 0 Å². The van der Waals surface area contributed by atoms with Crippen LogP contribution >= 0.6 is 0 Å². The van der Waals surface area contributed by atoms with E-state index < -0.39 is 140 Å². The quantitative estimate of drug-likeness (QED) is 0.0520. The van der Waals surface area contributed by atoms with E-state index in [4.69, 9.17) is 21.1 Å². The van der Waals surface area contributed by atoms with Gasteiger partial charge in [0, 0.05) is 36.5 Å². The lowest BCUT2D eigenvalue weighted by Gasteiger charge is -2.31. The van der Waals surface area contributed by atoms with E-state index in [-0.39, 0.29) is 19.4 Å². The number of H-pyrrole nitrogens is 1. The Morgan fingerprint density at radius 2 is 1.44 bits per heavy atom. The van der Waals surface area contributed by atoms with Crippen LogP contribution in [0.15, 0.2) is 30.5 Å². The molecule has 23 heteroatoms. The Labute approximate surface area is 348 Å². The zero-order valence-electron chi connectivity index (χ0n) is 33.8. The van der Waals surface area contributed by atoms with Crippen LogP contribution in [0.4, 0.5) is 0 Å². The van der Waals surface area contributed by atoms with E-state index in [0.717, 1.165) is 15.8 Å². The van der Waals surface area contributed by atoms with Crippen molar-refractivity contribution in [2.45, 2.75) is 102 Å². The number of nitrogens with two attached hydrogens (primary N) is 1. The third kappa shape index (κ3) is 14.3. The number of rotatable bonds is 23. The number of aromatic nitrogens is 1. The molecule has 1 aliphatic heterocycles. The number of aliphatic carboxylic acids is 3. The number of amides is 7. The first-order valence-corrected chi connectivity index (χ1v) is 19.4. The number of benzene rings is 1. The Balaban J connectivity index is 1.81. The van der Waals surface area contributed by atoms with Crippen LogP contribution < -0.4 is 37.6 Å². The predicted octanol–water partition coefficient (Wildman–Crippen LogP) is -3.34. The number of carboxylic acids is 3. The highest BCUT2D eigenvalue weighted by atomic mass is 16.4. The number of carbonyl (C=O) groups is 10. The average molecular weight is 860 g/mol. The summed E-state index contributed by atoms with van der Waals surface area (Å²) in [5.41, 5.74) is 6.90. The molecule has 0 radical (unpaired) electrons. The summed E-state index contributed by atoms with van der Waals surface area (Å²) in [6.07, 6.45) is 0.313. The maximum absolute atomic E-state index is 14.0. The number of aliphatic hydroxyl groups excluding tert-OH is 1. The standard InChI is InChI=1S/C38H53N9O14/c1-18(2)31(46-36(59)27-9-6-12-47(27)38(61)26(17-48)45-33(56)22(39)14-29(51)52)37(60)44-25(13-20-15-40-23-8-5-4-7-21(20)23)35(58)42-19(3)32(55)43-24(10-11-28(49)50)34(57)41-16-30(53)54/h4-5,7-8,15,18-19,22,24-27,31,40,48H,6,9-14,16-17,39H2,1-3H3,(H,41,57)(H,42,58)(H,43,55)(H,44,60)(H,45,56)(H,46,59)(H,49,50)(H,51,52)(H,53,54)/t19-,22-,24-,25-,26-,27-,31-/m0/s1. The highest BCUT2D eigenvalue weighted by Gasteiger charge is 2.40. The van der Waals surface area contributed by atoms with Gasteiger partial charge in [0.25, 0.3) is 0 Å². The van der Waals surface area contributed by atoms with Crippen molar-refractivity contribution in [2.75, 3.05) is 19.7 Å². The van der Waals surface area contributed by atoms with Crippen molar-refractivity contribution >= 4 is 70.2 Å². The molecule has 7 amide bonds. The lowest BCUT2D eigenvalue weighted by molar-refractivity contribution is -0.144. The molecule has 13 N–H and O–H groups in total. The topological polar surface area (TPSA) is 369 Å². The van der Waals surface area contributed by atoms with Gasteiger partial charge in [-0.05, 0) is 43.7 Å². The molecule has 334 valence electrons. The maximum Gasteiger partial charge on any atom is 0.322 e. The van der Waals surface area contributed by atoms with E-state index in [0.29, 0.717) is 12.0 Å². The van der Waals surface area contributed by atoms with Gasteiger partial charge in [-0.1, -0.05) is 32.0 Å². The van der Waals surface area contributed by atoms with Gasteiger partial charge in [-0.2, -0.15) is 0 Å². The molecule has 7 atom stereocenters. The number of hydrogen-bond donors (Lipinski definition) is 12. The van der Waals surface area contributed by atoms with Gasteiger partial charge < -0.3 is 67.9 Å². The molecule has 1 saturated heterocycles. The number of carboxylic acid groups (broad SMARTS) is 3. The summed E-state index contributed by atoms with van der Waals surface area (Å²) in [5, 5.41) is 52.0. The lowest BCUT2D eigenvalue weighted by atomic mass is 10.00. The number of nitrogens with zero attached hydrogens (tertiary/aromatic N) is 1. The summed E-state index contributed by atoms with van der Waals surface area (Å²) < 4.78 is 0. The first kappa shape index (κ1) is 48.7. The van der Waals surface area contributed by atoms with E-state index in [9.17, 15) is 53.1 Å². The second kappa shape index (κ2) is 22.7. The second-order valence-corrected chi connectivity index (χ2v) is 14.8. The number of nitrogens with one attached hydrogen (secondary N) is 7. The van der Waals surface area contributed by atoms with Crippen LogP contribution in [0.25, 0.3) is 10.9 Å². The number of hydrogen-bond acceptors (Lipinski definition) is 12. The van der Waals surface area contributed by atoms with E-state index in [1.54, 1.807) is 44.3 Å². The fourth-order valence-electron chi connectivity index (χ4n) is 6.52. The minimum absolute atomic E-state index is 0.0505. The van der Waals surface area contributed by atoms with Gasteiger partial charge in [-0.3, -0.25) is 47.9 Å². The molecule has 61 heavy (non-hydrogen) atoms. The third-order valence-corrected chi connectivity index (χ3v) is 9.79. The lowest BCUT2D eigenvalue weighted by Crippen LogP contribution is -2.61. The van der Waals surface area contributed by atoms with Crippen LogP contribution in [-0.4, -0.2) is 152 Å². The van der Waals surface area contributed by atoms with Gasteiger partial charge >= 0.3 is 17.9 Å². The summed E-state index contributed by atoms with van der Waals surface area (Å²) in [6.45, 7) is 2.87. The molecule has 23 nitrogen and oxygen atoms in total. The Bertz CT molecular complexity index is 1970. The van der Waals surface area contributed by atoms with Crippen molar-refractivity contribution < 1.29 is 68.4 Å². The van der Waals surface area contributed by atoms with Gasteiger partial charge in [0.05, 0.1) is 19.1 Å². The molecule has 2 heterocycles. The molecule has 1 aromatic heterocycles. The van der Waals surface area contributed by atoms with Crippen molar-refractivity contribution in [3.63, 3.8) is 0 Å². The molecular weight excluding hydrogens is 806 g/mol. The Hall–Kier alpha value is -6.62. The summed E-state index contributed by atoms with van der Waals surface area (Å²) in [4.78, 5) is 131. The highest BCUT2D eigenvalue weighted by molar-refractivity contribution is 5.98. The number of para-hydroxylation sites is 1. The summed E-state index contributed by atoms with van der Waals surface area (Å²) in [5.74, 6) is -10.8. The molecule has 1 aliphatic rings. The van der Waals surface area contributed by atoms with Crippen molar-refractivity contribution in [2.24, 2.45) is 11.7 Å². The van der Waals surface area contributed by atoms with Gasteiger partial charge in [-0.15, -0.1) is 0 Å². The van der Waals surface area contributed by atoms with Gasteiger partial charge in [0.1, 0.15) is 42.8 Å². The Morgan fingerprint density at radius 3 is 2.07 bits per heavy atom. The highest BCUT2D eigenvalue weighted by Crippen LogP contribution is 2.21. The van der Waals surface area contributed by atoms with Gasteiger partial charge in [0.2, 0.25) is 41.4 Å². The minimum atomic E-state index is -1.55. The van der Waals surface area contributed by atoms with E-state index in [2.05, 4.69) is 36.9 Å². The van der Waals surface area contributed by atoms with Crippen LogP contribution in [0, 0.1) is 5.92 Å². The number of carbonyl (C=O) groups excluding carboxylic acids is 7. The van der Waals surface area contributed by atoms with E-state index in [1.807, 2.05) is 0 Å². The first-order valence-electron chi connectivity index (χ1n) is 19.4. The van der Waals surface area contributed by atoms with Crippen LogP contribution in [0.1, 0.15) is 58.4 Å². The van der Waals surface area contributed by atoms with Gasteiger partial charge in [0.15, 0.2) is 0 Å². The second-order valence-electron chi connectivity index (χ2n) is 14.8. The predicted molar refractivity (Wildman–Crippen MR) is 212 cm³/mol.